The van der Waals surface area contributed by atoms with E-state index >= 15 is 0 Å². The van der Waals surface area contributed by atoms with E-state index in [0.717, 1.165) is 10.2 Å². The largest absolute Gasteiger partial charge is 0.309 e. The Morgan fingerprint density at radius 1 is 0.267 bits per heavy atom. The van der Waals surface area contributed by atoms with Crippen LogP contribution in [0.4, 0.5) is 0 Å². The monoisotopic (exact) mass is 1020 g/mol. The zero-order valence-corrected chi connectivity index (χ0v) is 44.0. The van der Waals surface area contributed by atoms with Crippen molar-refractivity contribution in [2.24, 2.45) is 0 Å². The Kier molecular flexibility index (Phi) is 10.4. The van der Waals surface area contributed by atoms with Crippen molar-refractivity contribution in [1.82, 2.24) is 9.13 Å². The molecule has 2 nitrogen and oxygen atoms in total. The highest BCUT2D eigenvalue weighted by Gasteiger charge is 2.36. The molecular weight excluding hydrogens is 973 g/mol. The van der Waals surface area contributed by atoms with Gasteiger partial charge < -0.3 is 9.13 Å². The fourth-order valence-electron chi connectivity index (χ4n) is 12.7. The average molecular weight is 1030 g/mol. The van der Waals surface area contributed by atoms with Crippen molar-refractivity contribution < 1.29 is 0 Å². The predicted molar refractivity (Wildman–Crippen MR) is 321 cm³/mol. The second-order valence-electron chi connectivity index (χ2n) is 21.4. The first-order valence-electron chi connectivity index (χ1n) is 26.1. The molecule has 0 amide bonds. The van der Waals surface area contributed by atoms with Crippen molar-refractivity contribution in [3.05, 3.63) is 275 Å². The molecule has 2 heterocycles. The number of fused-ring (bicyclic) bond motifs is 12. The van der Waals surface area contributed by atoms with Crippen LogP contribution in [0, 0.1) is 0 Å². The summed E-state index contributed by atoms with van der Waals surface area (Å²) in [6.07, 6.45) is 0. The molecule has 2 aliphatic rings. The highest BCUT2D eigenvalue weighted by Crippen LogP contribution is 2.51. The zero-order valence-electron chi connectivity index (χ0n) is 42.4. The fourth-order valence-corrected chi connectivity index (χ4v) is 13.1. The van der Waals surface area contributed by atoms with Crippen LogP contribution in [0.2, 0.25) is 0 Å². The second-order valence-corrected chi connectivity index (χ2v) is 22.3. The molecule has 0 aliphatic heterocycles. The molecule has 2 aliphatic carbocycles. The lowest BCUT2D eigenvalue weighted by molar-refractivity contribution is 0.660. The normalized spacial score (nSPS) is 13.6. The van der Waals surface area contributed by atoms with Crippen LogP contribution in [0.5, 0.6) is 0 Å². The first kappa shape index (κ1) is 45.1. The number of hydrogen-bond donors (Lipinski definition) is 0. The minimum absolute atomic E-state index is 0.0650. The first-order valence-corrected chi connectivity index (χ1v) is 26.9. The molecule has 0 fully saturated rings. The van der Waals surface area contributed by atoms with Gasteiger partial charge in [-0.2, -0.15) is 0 Å². The summed E-state index contributed by atoms with van der Waals surface area (Å²) in [5.41, 5.74) is 25.6. The molecule has 0 saturated carbocycles. The SMILES string of the molecule is CC1(C)c2ccccc2-c2ccc(-n3c4ccccc4c4cc(-c5ccc6c(c5)c5ccccc5n6-c5cc(-c6ccccc6)cc(-c6ccccc6)c5)ccc43)cc21.CC1(C)c2ccccc2-c2ccc(Br)cc21. The van der Waals surface area contributed by atoms with Gasteiger partial charge in [0, 0.05) is 48.2 Å². The molecular formula is C72H53BrN2. The van der Waals surface area contributed by atoms with Gasteiger partial charge in [0.2, 0.25) is 0 Å². The second kappa shape index (κ2) is 17.3. The minimum atomic E-state index is -0.0650. The maximum Gasteiger partial charge on any atom is 0.0541 e. The third-order valence-electron chi connectivity index (χ3n) is 16.4. The lowest BCUT2D eigenvalue weighted by atomic mass is 9.82. The Morgan fingerprint density at radius 2 is 0.680 bits per heavy atom. The third kappa shape index (κ3) is 7.20. The molecule has 0 N–H and O–H groups in total. The molecule has 2 aromatic heterocycles. The van der Waals surface area contributed by atoms with Crippen LogP contribution in [-0.2, 0) is 10.8 Å². The van der Waals surface area contributed by atoms with Crippen LogP contribution in [-0.4, -0.2) is 9.13 Å². The van der Waals surface area contributed by atoms with E-state index in [0.29, 0.717) is 0 Å². The summed E-state index contributed by atoms with van der Waals surface area (Å²) < 4.78 is 6.06. The van der Waals surface area contributed by atoms with E-state index in [2.05, 4.69) is 301 Å². The smallest absolute Gasteiger partial charge is 0.0541 e. The number of halogens is 1. The molecule has 15 rings (SSSR count). The van der Waals surface area contributed by atoms with Gasteiger partial charge in [-0.3, -0.25) is 0 Å². The van der Waals surface area contributed by atoms with Crippen molar-refractivity contribution in [3.8, 4) is 67.0 Å². The average Bonchev–Trinajstić information content (AvgIpc) is 4.18. The Hall–Kier alpha value is -8.50. The summed E-state index contributed by atoms with van der Waals surface area (Å²) in [5.74, 6) is 0. The quantitative estimate of drug-likeness (QED) is 0.163. The summed E-state index contributed by atoms with van der Waals surface area (Å²) in [4.78, 5) is 0. The summed E-state index contributed by atoms with van der Waals surface area (Å²) in [7, 11) is 0. The highest BCUT2D eigenvalue weighted by molar-refractivity contribution is 9.10. The van der Waals surface area contributed by atoms with E-state index in [-0.39, 0.29) is 10.8 Å². The van der Waals surface area contributed by atoms with E-state index < -0.39 is 0 Å². The van der Waals surface area contributed by atoms with Gasteiger partial charge in [0.05, 0.1) is 22.1 Å². The standard InChI is InChI=1S/C57H40N2.C15H13Br/c1-57(2)51-22-12-9-19-45(51)46-28-27-43(36-52(46)57)58-53-23-13-10-20-47(53)49-34-39(25-29-55(49)58)40-26-30-56-50(35-40)48-21-11-14-24-54(48)59(56)44-32-41(37-15-5-3-6-16-37)31-42(33-44)38-17-7-4-8-18-38;1-15(2)13-6-4-3-5-11(13)12-8-7-10(16)9-14(12)15/h3-36H,1-2H3;3-9H,1-2H3. The summed E-state index contributed by atoms with van der Waals surface area (Å²) >= 11 is 3.56. The van der Waals surface area contributed by atoms with E-state index in [9.17, 15) is 0 Å². The van der Waals surface area contributed by atoms with E-state index in [4.69, 9.17) is 0 Å². The lowest BCUT2D eigenvalue weighted by Crippen LogP contribution is -2.15. The Labute approximate surface area is 447 Å². The van der Waals surface area contributed by atoms with Crippen LogP contribution in [0.25, 0.3) is 111 Å². The third-order valence-corrected chi connectivity index (χ3v) is 16.9. The number of nitrogens with zero attached hydrogens (tertiary/aromatic N) is 2. The van der Waals surface area contributed by atoms with Gasteiger partial charge in [-0.15, -0.1) is 0 Å². The van der Waals surface area contributed by atoms with Gasteiger partial charge in [0.15, 0.2) is 0 Å². The molecule has 13 aromatic rings. The van der Waals surface area contributed by atoms with Gasteiger partial charge >= 0.3 is 0 Å². The van der Waals surface area contributed by atoms with Crippen LogP contribution < -0.4 is 0 Å². The zero-order chi connectivity index (χ0) is 50.6. The van der Waals surface area contributed by atoms with Gasteiger partial charge in [-0.25, -0.2) is 0 Å². The van der Waals surface area contributed by atoms with E-state index in [1.54, 1.807) is 0 Å². The van der Waals surface area contributed by atoms with Gasteiger partial charge in [-0.05, 0) is 157 Å². The van der Waals surface area contributed by atoms with Gasteiger partial charge in [0.25, 0.3) is 0 Å². The predicted octanol–water partition coefficient (Wildman–Crippen LogP) is 19.9. The summed E-state index contributed by atoms with van der Waals surface area (Å²) in [5, 5.41) is 5.01. The molecule has 358 valence electrons. The van der Waals surface area contributed by atoms with Crippen LogP contribution >= 0.6 is 15.9 Å². The summed E-state index contributed by atoms with van der Waals surface area (Å²) in [6, 6.07) is 91.4. The Bertz CT molecular complexity index is 4360. The van der Waals surface area contributed by atoms with Crippen molar-refractivity contribution in [2.75, 3.05) is 0 Å². The number of hydrogen-bond acceptors (Lipinski definition) is 0. The topological polar surface area (TPSA) is 9.86 Å². The molecule has 3 heteroatoms. The first-order chi connectivity index (χ1) is 36.6. The highest BCUT2D eigenvalue weighted by atomic mass is 79.9. The number of para-hydroxylation sites is 2. The molecule has 11 aromatic carbocycles. The number of benzene rings is 11. The molecule has 75 heavy (non-hydrogen) atoms. The van der Waals surface area contributed by atoms with Crippen molar-refractivity contribution >= 4 is 59.5 Å². The maximum absolute atomic E-state index is 3.56. The van der Waals surface area contributed by atoms with Crippen LogP contribution in [0.15, 0.2) is 253 Å². The maximum atomic E-state index is 3.56. The van der Waals surface area contributed by atoms with E-state index in [1.165, 1.54) is 127 Å². The van der Waals surface area contributed by atoms with Crippen molar-refractivity contribution in [3.63, 3.8) is 0 Å². The van der Waals surface area contributed by atoms with Crippen LogP contribution in [0.3, 0.4) is 0 Å². The molecule has 0 bridgehead atoms. The molecule has 0 spiro atoms. The van der Waals surface area contributed by atoms with Gasteiger partial charge in [-0.1, -0.05) is 213 Å². The number of rotatable bonds is 5. The number of aromatic nitrogens is 2. The summed E-state index contributed by atoms with van der Waals surface area (Å²) in [6.45, 7) is 9.31. The van der Waals surface area contributed by atoms with Crippen LogP contribution in [0.1, 0.15) is 49.9 Å². The Balaban J connectivity index is 0.000000275. The van der Waals surface area contributed by atoms with Gasteiger partial charge in [0.1, 0.15) is 0 Å². The minimum Gasteiger partial charge on any atom is -0.309 e. The van der Waals surface area contributed by atoms with Crippen molar-refractivity contribution in [1.29, 1.82) is 0 Å². The molecule has 0 saturated heterocycles. The lowest BCUT2D eigenvalue weighted by Gasteiger charge is -2.22. The molecule has 0 unspecified atom stereocenters. The van der Waals surface area contributed by atoms with Crippen molar-refractivity contribution in [2.45, 2.75) is 38.5 Å². The van der Waals surface area contributed by atoms with E-state index in [1.807, 2.05) is 0 Å². The Morgan fingerprint density at radius 3 is 1.21 bits per heavy atom. The fraction of sp³-hybridized carbons (Fsp3) is 0.0833. The molecule has 0 radical (unpaired) electrons. The molecule has 0 atom stereocenters.